The third-order valence-corrected chi connectivity index (χ3v) is 6.27. The molecule has 2 atom stereocenters. The Labute approximate surface area is 163 Å². The van der Waals surface area contributed by atoms with Crippen molar-refractivity contribution in [1.29, 1.82) is 0 Å². The third kappa shape index (κ3) is 3.02. The number of carbonyl (C=O) groups is 2. The number of amides is 3. The van der Waals surface area contributed by atoms with Crippen LogP contribution in [0.5, 0.6) is 0 Å². The number of urea groups is 1. The average Bonchev–Trinajstić information content (AvgIpc) is 3.29. The van der Waals surface area contributed by atoms with Crippen molar-refractivity contribution >= 4 is 17.6 Å². The fraction of sp³-hybridized carbons (Fsp3) is 0.500. The van der Waals surface area contributed by atoms with Gasteiger partial charge in [0.25, 0.3) is 0 Å². The molecule has 1 saturated carbocycles. The molecule has 146 valence electrons. The number of likely N-dealkylation sites (tertiary alicyclic amines) is 1. The summed E-state index contributed by atoms with van der Waals surface area (Å²) in [4.78, 5) is 31.8. The van der Waals surface area contributed by atoms with Crippen molar-refractivity contribution < 1.29 is 9.59 Å². The number of aryl methyl sites for hydroxylation is 1. The first-order valence-corrected chi connectivity index (χ1v) is 9.94. The Morgan fingerprint density at radius 2 is 1.89 bits per heavy atom. The van der Waals surface area contributed by atoms with E-state index in [1.807, 2.05) is 39.9 Å². The van der Waals surface area contributed by atoms with Gasteiger partial charge in [0.15, 0.2) is 0 Å². The van der Waals surface area contributed by atoms with Gasteiger partial charge in [0.05, 0.1) is 6.04 Å². The van der Waals surface area contributed by atoms with Gasteiger partial charge in [-0.1, -0.05) is 18.2 Å². The number of anilines is 1. The minimum Gasteiger partial charge on any atom is -0.342 e. The SMILES string of the molecule is O=C(Nc1ccccc1)N[C@@H]1c2ncnn2CC[C@]12CCN(C(=O)C1CC1)C2. The van der Waals surface area contributed by atoms with Crippen molar-refractivity contribution in [2.45, 2.75) is 38.3 Å². The van der Waals surface area contributed by atoms with Gasteiger partial charge in [-0.3, -0.25) is 4.79 Å². The molecule has 8 nitrogen and oxygen atoms in total. The zero-order valence-electron chi connectivity index (χ0n) is 15.7. The molecule has 0 bridgehead atoms. The zero-order valence-corrected chi connectivity index (χ0v) is 15.7. The number of rotatable bonds is 3. The molecule has 0 radical (unpaired) electrons. The smallest absolute Gasteiger partial charge is 0.319 e. The summed E-state index contributed by atoms with van der Waals surface area (Å²) in [5.74, 6) is 1.27. The van der Waals surface area contributed by atoms with Gasteiger partial charge >= 0.3 is 6.03 Å². The number of benzene rings is 1. The van der Waals surface area contributed by atoms with E-state index >= 15 is 0 Å². The van der Waals surface area contributed by atoms with Crippen molar-refractivity contribution in [3.8, 4) is 0 Å². The number of fused-ring (bicyclic) bond motifs is 1. The highest BCUT2D eigenvalue weighted by atomic mass is 16.2. The molecule has 2 aliphatic heterocycles. The van der Waals surface area contributed by atoms with Gasteiger partial charge in [-0.2, -0.15) is 5.10 Å². The lowest BCUT2D eigenvalue weighted by Crippen LogP contribution is -2.49. The number of carbonyl (C=O) groups excluding carboxylic acids is 2. The van der Waals surface area contributed by atoms with E-state index < -0.39 is 0 Å². The summed E-state index contributed by atoms with van der Waals surface area (Å²) >= 11 is 0. The van der Waals surface area contributed by atoms with E-state index in [0.717, 1.165) is 50.3 Å². The number of hydrogen-bond donors (Lipinski definition) is 2. The van der Waals surface area contributed by atoms with Gasteiger partial charge < -0.3 is 15.5 Å². The van der Waals surface area contributed by atoms with Crippen LogP contribution in [0.1, 0.15) is 37.5 Å². The fourth-order valence-corrected chi connectivity index (χ4v) is 4.57. The first kappa shape index (κ1) is 17.2. The standard InChI is InChI=1S/C20H24N6O2/c27-18(14-6-7-14)25-10-8-20(12-25)9-11-26-17(21-13-22-26)16(20)24-19(28)23-15-4-2-1-3-5-15/h1-5,13-14,16H,6-12H2,(H2,23,24,28)/t16-,20+/m1/s1. The molecule has 1 spiro atoms. The first-order chi connectivity index (χ1) is 13.6. The van der Waals surface area contributed by atoms with Crippen molar-refractivity contribution in [3.05, 3.63) is 42.5 Å². The second-order valence-electron chi connectivity index (χ2n) is 8.14. The van der Waals surface area contributed by atoms with E-state index in [9.17, 15) is 9.59 Å². The molecular weight excluding hydrogens is 356 g/mol. The van der Waals surface area contributed by atoms with Crippen LogP contribution in [0.15, 0.2) is 36.7 Å². The quantitative estimate of drug-likeness (QED) is 0.854. The van der Waals surface area contributed by atoms with Gasteiger partial charge in [-0.25, -0.2) is 14.5 Å². The zero-order chi connectivity index (χ0) is 19.1. The third-order valence-electron chi connectivity index (χ3n) is 6.27. The summed E-state index contributed by atoms with van der Waals surface area (Å²) in [6, 6.07) is 8.84. The number of hydrogen-bond acceptors (Lipinski definition) is 4. The molecule has 3 heterocycles. The Morgan fingerprint density at radius 3 is 2.68 bits per heavy atom. The van der Waals surface area contributed by atoms with E-state index in [2.05, 4.69) is 20.7 Å². The van der Waals surface area contributed by atoms with Crippen LogP contribution in [-0.2, 0) is 11.3 Å². The van der Waals surface area contributed by atoms with E-state index in [1.54, 1.807) is 6.33 Å². The highest BCUT2D eigenvalue weighted by molar-refractivity contribution is 5.89. The van der Waals surface area contributed by atoms with E-state index in [4.69, 9.17) is 0 Å². The molecule has 28 heavy (non-hydrogen) atoms. The number of para-hydroxylation sites is 1. The van der Waals surface area contributed by atoms with Gasteiger partial charge in [0.2, 0.25) is 5.91 Å². The second kappa shape index (κ2) is 6.61. The number of aromatic nitrogens is 3. The molecule has 8 heteroatoms. The number of nitrogens with zero attached hydrogens (tertiary/aromatic N) is 4. The molecule has 5 rings (SSSR count). The van der Waals surface area contributed by atoms with Crippen molar-refractivity contribution in [2.75, 3.05) is 18.4 Å². The fourth-order valence-electron chi connectivity index (χ4n) is 4.57. The van der Waals surface area contributed by atoms with Crippen LogP contribution < -0.4 is 10.6 Å². The van der Waals surface area contributed by atoms with Crippen molar-refractivity contribution in [3.63, 3.8) is 0 Å². The van der Waals surface area contributed by atoms with Crippen molar-refractivity contribution in [2.24, 2.45) is 11.3 Å². The van der Waals surface area contributed by atoms with E-state index in [1.165, 1.54) is 0 Å². The molecule has 2 aromatic rings. The van der Waals surface area contributed by atoms with E-state index in [0.29, 0.717) is 6.54 Å². The lowest BCUT2D eigenvalue weighted by molar-refractivity contribution is -0.132. The molecule has 3 amide bonds. The summed E-state index contributed by atoms with van der Waals surface area (Å²) < 4.78 is 1.87. The van der Waals surface area contributed by atoms with Gasteiger partial charge in [-0.15, -0.1) is 0 Å². The van der Waals surface area contributed by atoms with Crippen LogP contribution >= 0.6 is 0 Å². The lowest BCUT2D eigenvalue weighted by atomic mass is 9.74. The van der Waals surface area contributed by atoms with Gasteiger partial charge in [0, 0.05) is 36.7 Å². The highest BCUT2D eigenvalue weighted by Crippen LogP contribution is 2.48. The lowest BCUT2D eigenvalue weighted by Gasteiger charge is -2.40. The van der Waals surface area contributed by atoms with Crippen LogP contribution in [0.4, 0.5) is 10.5 Å². The molecule has 2 fully saturated rings. The molecule has 1 aliphatic carbocycles. The maximum absolute atomic E-state index is 12.7. The normalized spacial score (nSPS) is 26.1. The van der Waals surface area contributed by atoms with E-state index in [-0.39, 0.29) is 29.3 Å². The average molecular weight is 380 g/mol. The summed E-state index contributed by atoms with van der Waals surface area (Å²) in [5.41, 5.74) is 0.546. The van der Waals surface area contributed by atoms with Gasteiger partial charge in [-0.05, 0) is 37.8 Å². The summed E-state index contributed by atoms with van der Waals surface area (Å²) in [6.45, 7) is 2.19. The Balaban J connectivity index is 1.38. The molecular formula is C20H24N6O2. The topological polar surface area (TPSA) is 92.2 Å². The van der Waals surface area contributed by atoms with Crippen LogP contribution in [-0.4, -0.2) is 44.7 Å². The highest BCUT2D eigenvalue weighted by Gasteiger charge is 2.51. The first-order valence-electron chi connectivity index (χ1n) is 9.94. The summed E-state index contributed by atoms with van der Waals surface area (Å²) in [6.07, 6.45) is 5.30. The predicted molar refractivity (Wildman–Crippen MR) is 102 cm³/mol. The molecule has 3 aliphatic rings. The Hall–Kier alpha value is -2.90. The second-order valence-corrected chi connectivity index (χ2v) is 8.14. The minimum absolute atomic E-state index is 0.193. The maximum Gasteiger partial charge on any atom is 0.319 e. The molecule has 1 aromatic carbocycles. The Kier molecular flexibility index (Phi) is 4.07. The van der Waals surface area contributed by atoms with Crippen LogP contribution in [0, 0.1) is 11.3 Å². The van der Waals surface area contributed by atoms with Crippen LogP contribution in [0.2, 0.25) is 0 Å². The molecule has 1 saturated heterocycles. The molecule has 1 aromatic heterocycles. The van der Waals surface area contributed by atoms with Crippen LogP contribution in [0.3, 0.4) is 0 Å². The predicted octanol–water partition coefficient (Wildman–Crippen LogP) is 2.17. The summed E-state index contributed by atoms with van der Waals surface area (Å²) in [7, 11) is 0. The Bertz CT molecular complexity index is 893. The number of nitrogens with one attached hydrogen (secondary N) is 2. The molecule has 2 N–H and O–H groups in total. The monoisotopic (exact) mass is 380 g/mol. The summed E-state index contributed by atoms with van der Waals surface area (Å²) in [5, 5.41) is 10.3. The largest absolute Gasteiger partial charge is 0.342 e. The maximum atomic E-state index is 12.7. The van der Waals surface area contributed by atoms with Crippen LogP contribution in [0.25, 0.3) is 0 Å². The Morgan fingerprint density at radius 1 is 1.11 bits per heavy atom. The molecule has 0 unspecified atom stereocenters. The minimum atomic E-state index is -0.274. The van der Waals surface area contributed by atoms with Crippen molar-refractivity contribution in [1.82, 2.24) is 25.0 Å². The van der Waals surface area contributed by atoms with Gasteiger partial charge in [0.1, 0.15) is 12.2 Å².